The van der Waals surface area contributed by atoms with Gasteiger partial charge in [0.2, 0.25) is 0 Å². The van der Waals surface area contributed by atoms with Crippen molar-refractivity contribution < 1.29 is 4.39 Å². The Morgan fingerprint density at radius 1 is 1.42 bits per heavy atom. The van der Waals surface area contributed by atoms with Crippen LogP contribution in [0.25, 0.3) is 0 Å². The molecule has 0 aliphatic heterocycles. The van der Waals surface area contributed by atoms with E-state index >= 15 is 0 Å². The third kappa shape index (κ3) is 2.83. The summed E-state index contributed by atoms with van der Waals surface area (Å²) in [5, 5.41) is 4.63. The number of nitrogens with zero attached hydrogens (tertiary/aromatic N) is 2. The normalized spacial score (nSPS) is 13.0. The highest BCUT2D eigenvalue weighted by atomic mass is 79.9. The van der Waals surface area contributed by atoms with Crippen LogP contribution in [-0.4, -0.2) is 9.78 Å². The first-order valence-corrected chi connectivity index (χ1v) is 7.02. The lowest BCUT2D eigenvalue weighted by Gasteiger charge is -2.18. The van der Waals surface area contributed by atoms with E-state index in [0.29, 0.717) is 20.8 Å². The van der Waals surface area contributed by atoms with E-state index in [2.05, 4.69) is 21.0 Å². The molecule has 1 aromatic heterocycles. The van der Waals surface area contributed by atoms with E-state index in [1.165, 1.54) is 12.3 Å². The average molecular weight is 347 g/mol. The third-order valence-electron chi connectivity index (χ3n) is 2.87. The molecule has 0 saturated carbocycles. The van der Waals surface area contributed by atoms with Crippen molar-refractivity contribution in [2.24, 2.45) is 5.73 Å². The van der Waals surface area contributed by atoms with Crippen LogP contribution in [0.3, 0.4) is 0 Å². The van der Waals surface area contributed by atoms with Crippen LogP contribution in [0.4, 0.5) is 4.39 Å². The maximum Gasteiger partial charge on any atom is 0.129 e. The number of hydrogen-bond donors (Lipinski definition) is 1. The zero-order valence-corrected chi connectivity index (χ0v) is 12.9. The molecule has 0 aliphatic carbocycles. The molecule has 1 unspecified atom stereocenters. The van der Waals surface area contributed by atoms with Gasteiger partial charge in [-0.15, -0.1) is 0 Å². The molecule has 1 atom stereocenters. The number of halogens is 3. The molecule has 1 heterocycles. The molecule has 0 fully saturated rings. The van der Waals surface area contributed by atoms with Crippen LogP contribution in [0.2, 0.25) is 5.02 Å². The third-order valence-corrected chi connectivity index (χ3v) is 3.65. The minimum absolute atomic E-state index is 0.104. The summed E-state index contributed by atoms with van der Waals surface area (Å²) in [6.07, 6.45) is 1.54. The van der Waals surface area contributed by atoms with Crippen LogP contribution in [0, 0.1) is 5.82 Å². The number of hydrogen-bond acceptors (Lipinski definition) is 2. The molecule has 2 N–H and O–H groups in total. The van der Waals surface area contributed by atoms with Gasteiger partial charge in [-0.3, -0.25) is 4.68 Å². The summed E-state index contributed by atoms with van der Waals surface area (Å²) >= 11 is 9.34. The molecular formula is C13H14BrClFN3. The van der Waals surface area contributed by atoms with E-state index in [-0.39, 0.29) is 11.9 Å². The Labute approximate surface area is 124 Å². The summed E-state index contributed by atoms with van der Waals surface area (Å²) in [4.78, 5) is 0. The van der Waals surface area contributed by atoms with Crippen molar-refractivity contribution in [2.75, 3.05) is 0 Å². The van der Waals surface area contributed by atoms with Crippen LogP contribution in [-0.2, 0) is 0 Å². The summed E-state index contributed by atoms with van der Waals surface area (Å²) in [5.41, 5.74) is 7.17. The predicted molar refractivity (Wildman–Crippen MR) is 77.8 cm³/mol. The van der Waals surface area contributed by atoms with Gasteiger partial charge in [0, 0.05) is 16.1 Å². The van der Waals surface area contributed by atoms with Gasteiger partial charge in [-0.05, 0) is 26.0 Å². The van der Waals surface area contributed by atoms with Crippen LogP contribution in [0.15, 0.2) is 28.9 Å². The molecule has 0 amide bonds. The van der Waals surface area contributed by atoms with E-state index in [1.54, 1.807) is 16.8 Å². The van der Waals surface area contributed by atoms with Gasteiger partial charge < -0.3 is 5.73 Å². The number of rotatable bonds is 3. The van der Waals surface area contributed by atoms with Crippen molar-refractivity contribution >= 4 is 27.5 Å². The Kier molecular flexibility index (Phi) is 4.28. The average Bonchev–Trinajstić information content (AvgIpc) is 2.70. The maximum absolute atomic E-state index is 14.0. The van der Waals surface area contributed by atoms with Crippen LogP contribution in [0.5, 0.6) is 0 Å². The zero-order valence-electron chi connectivity index (χ0n) is 10.6. The summed E-state index contributed by atoms with van der Waals surface area (Å²) < 4.78 is 16.4. The van der Waals surface area contributed by atoms with Gasteiger partial charge in [0.05, 0.1) is 23.0 Å². The Balaban J connectivity index is 2.49. The minimum Gasteiger partial charge on any atom is -0.319 e. The molecule has 0 radical (unpaired) electrons. The largest absolute Gasteiger partial charge is 0.319 e. The molecule has 0 bridgehead atoms. The summed E-state index contributed by atoms with van der Waals surface area (Å²) in [6, 6.07) is 4.25. The minimum atomic E-state index is -0.648. The molecule has 2 aromatic rings. The lowest BCUT2D eigenvalue weighted by Crippen LogP contribution is -2.20. The first-order chi connectivity index (χ1) is 8.91. The van der Waals surface area contributed by atoms with E-state index in [0.717, 1.165) is 0 Å². The standard InChI is InChI=1S/C13H14BrClFN3/c1-7(2)19-13(10(15)6-18-19)12(17)9-4-3-8(14)5-11(9)16/h3-7,12H,17H2,1-2H3. The summed E-state index contributed by atoms with van der Waals surface area (Å²) in [6.45, 7) is 3.94. The van der Waals surface area contributed by atoms with Crippen molar-refractivity contribution in [1.82, 2.24) is 9.78 Å². The van der Waals surface area contributed by atoms with E-state index < -0.39 is 6.04 Å². The Hall–Kier alpha value is -0.910. The summed E-state index contributed by atoms with van der Waals surface area (Å²) in [5.74, 6) is -0.366. The fourth-order valence-corrected chi connectivity index (χ4v) is 2.54. The molecule has 0 spiro atoms. The molecule has 6 heteroatoms. The zero-order chi connectivity index (χ0) is 14.2. The Bertz CT molecular complexity index is 598. The van der Waals surface area contributed by atoms with Crippen molar-refractivity contribution in [2.45, 2.75) is 25.9 Å². The quantitative estimate of drug-likeness (QED) is 0.910. The Morgan fingerprint density at radius 2 is 2.11 bits per heavy atom. The SMILES string of the molecule is CC(C)n1ncc(Cl)c1C(N)c1ccc(Br)cc1F. The second kappa shape index (κ2) is 5.61. The number of benzene rings is 1. The molecule has 2 rings (SSSR count). The topological polar surface area (TPSA) is 43.8 Å². The highest BCUT2D eigenvalue weighted by Crippen LogP contribution is 2.30. The molecule has 3 nitrogen and oxygen atoms in total. The van der Waals surface area contributed by atoms with Gasteiger partial charge in [0.15, 0.2) is 0 Å². The van der Waals surface area contributed by atoms with Crippen molar-refractivity contribution in [1.29, 1.82) is 0 Å². The highest BCUT2D eigenvalue weighted by Gasteiger charge is 2.22. The fraction of sp³-hybridized carbons (Fsp3) is 0.308. The van der Waals surface area contributed by atoms with Gasteiger partial charge in [0.1, 0.15) is 5.82 Å². The van der Waals surface area contributed by atoms with Gasteiger partial charge in [0.25, 0.3) is 0 Å². The van der Waals surface area contributed by atoms with Crippen molar-refractivity contribution in [3.63, 3.8) is 0 Å². The second-order valence-corrected chi connectivity index (χ2v) is 5.88. The van der Waals surface area contributed by atoms with Gasteiger partial charge in [-0.2, -0.15) is 5.10 Å². The van der Waals surface area contributed by atoms with Gasteiger partial charge in [-0.25, -0.2) is 4.39 Å². The molecule has 0 aliphatic rings. The smallest absolute Gasteiger partial charge is 0.129 e. The fourth-order valence-electron chi connectivity index (χ4n) is 1.95. The first-order valence-electron chi connectivity index (χ1n) is 5.85. The van der Waals surface area contributed by atoms with E-state index in [4.69, 9.17) is 17.3 Å². The molecule has 19 heavy (non-hydrogen) atoms. The maximum atomic E-state index is 14.0. The molecule has 0 saturated heterocycles. The molecule has 102 valence electrons. The van der Waals surface area contributed by atoms with Gasteiger partial charge in [-0.1, -0.05) is 33.6 Å². The molecular weight excluding hydrogens is 333 g/mol. The van der Waals surface area contributed by atoms with E-state index in [9.17, 15) is 4.39 Å². The predicted octanol–water partition coefficient (Wildman–Crippen LogP) is 4.07. The lowest BCUT2D eigenvalue weighted by atomic mass is 10.0. The number of nitrogens with two attached hydrogens (primary N) is 1. The van der Waals surface area contributed by atoms with Crippen LogP contribution >= 0.6 is 27.5 Å². The van der Waals surface area contributed by atoms with Crippen LogP contribution < -0.4 is 5.73 Å². The Morgan fingerprint density at radius 3 is 2.68 bits per heavy atom. The highest BCUT2D eigenvalue weighted by molar-refractivity contribution is 9.10. The lowest BCUT2D eigenvalue weighted by molar-refractivity contribution is 0.494. The van der Waals surface area contributed by atoms with E-state index in [1.807, 2.05) is 13.8 Å². The van der Waals surface area contributed by atoms with Crippen molar-refractivity contribution in [3.05, 3.63) is 51.0 Å². The van der Waals surface area contributed by atoms with Crippen molar-refractivity contribution in [3.8, 4) is 0 Å². The second-order valence-electron chi connectivity index (χ2n) is 4.56. The number of aromatic nitrogens is 2. The monoisotopic (exact) mass is 345 g/mol. The summed E-state index contributed by atoms with van der Waals surface area (Å²) in [7, 11) is 0. The first kappa shape index (κ1) is 14.5. The van der Waals surface area contributed by atoms with Gasteiger partial charge >= 0.3 is 0 Å². The molecule has 1 aromatic carbocycles. The van der Waals surface area contributed by atoms with Crippen LogP contribution in [0.1, 0.15) is 37.2 Å².